The zero-order valence-electron chi connectivity index (χ0n) is 19.7. The number of hydrogen-bond donors (Lipinski definition) is 1. The molecule has 9 heteroatoms. The molecule has 2 aromatic carbocycles. The summed E-state index contributed by atoms with van der Waals surface area (Å²) in [6, 6.07) is 13.5. The Morgan fingerprint density at radius 2 is 1.79 bits per heavy atom. The molecule has 0 radical (unpaired) electrons. The predicted molar refractivity (Wildman–Crippen MR) is 133 cm³/mol. The third-order valence-electron chi connectivity index (χ3n) is 5.83. The van der Waals surface area contributed by atoms with Gasteiger partial charge in [-0.1, -0.05) is 18.2 Å². The minimum Gasteiger partial charge on any atom is -0.497 e. The van der Waals surface area contributed by atoms with E-state index in [1.807, 2.05) is 47.4 Å². The Morgan fingerprint density at radius 3 is 2.53 bits per heavy atom. The van der Waals surface area contributed by atoms with Crippen molar-refractivity contribution in [1.82, 2.24) is 20.1 Å². The van der Waals surface area contributed by atoms with Gasteiger partial charge in [-0.15, -0.1) is 11.3 Å². The second kappa shape index (κ2) is 11.2. The molecule has 1 fully saturated rings. The molecule has 4 rings (SSSR count). The summed E-state index contributed by atoms with van der Waals surface area (Å²) in [7, 11) is 4.87. The molecule has 0 bridgehead atoms. The number of rotatable bonds is 8. The van der Waals surface area contributed by atoms with Gasteiger partial charge in [-0.3, -0.25) is 4.90 Å². The van der Waals surface area contributed by atoms with Crippen molar-refractivity contribution >= 4 is 17.4 Å². The van der Waals surface area contributed by atoms with Crippen molar-refractivity contribution in [2.45, 2.75) is 13.1 Å². The average Bonchev–Trinajstić information content (AvgIpc) is 3.36. The maximum Gasteiger partial charge on any atom is 0.317 e. The quantitative estimate of drug-likeness (QED) is 0.526. The maximum absolute atomic E-state index is 12.6. The number of hydrogen-bond acceptors (Lipinski definition) is 7. The Kier molecular flexibility index (Phi) is 7.87. The zero-order chi connectivity index (χ0) is 23.9. The standard InChI is InChI=1S/C25H30N4O4S/c1-31-20-6-4-5-19(14-20)21-17-34-24(27-21)16-28-9-11-29(12-10-28)25(30)26-15-18-7-8-22(32-2)23(13-18)33-3/h4-8,13-14,17H,9-12,15-16H2,1-3H3,(H,26,30). The fourth-order valence-electron chi connectivity index (χ4n) is 3.88. The first-order chi connectivity index (χ1) is 16.6. The number of nitrogens with zero attached hydrogens (tertiary/aromatic N) is 3. The van der Waals surface area contributed by atoms with Crippen molar-refractivity contribution in [3.8, 4) is 28.5 Å². The topological polar surface area (TPSA) is 76.2 Å². The Balaban J connectivity index is 1.25. The van der Waals surface area contributed by atoms with Gasteiger partial charge >= 0.3 is 6.03 Å². The van der Waals surface area contributed by atoms with Crippen molar-refractivity contribution in [3.05, 3.63) is 58.4 Å². The number of methoxy groups -OCH3 is 3. The number of ether oxygens (including phenoxy) is 3. The van der Waals surface area contributed by atoms with Crippen LogP contribution in [0.1, 0.15) is 10.6 Å². The van der Waals surface area contributed by atoms with E-state index in [1.165, 1.54) is 0 Å². The van der Waals surface area contributed by atoms with Gasteiger partial charge in [0.1, 0.15) is 10.8 Å². The van der Waals surface area contributed by atoms with Gasteiger partial charge in [0, 0.05) is 43.7 Å². The molecule has 2 amide bonds. The van der Waals surface area contributed by atoms with E-state index in [-0.39, 0.29) is 6.03 Å². The van der Waals surface area contributed by atoms with Gasteiger partial charge in [-0.25, -0.2) is 9.78 Å². The highest BCUT2D eigenvalue weighted by Crippen LogP contribution is 2.28. The molecule has 1 aromatic heterocycles. The van der Waals surface area contributed by atoms with E-state index in [0.29, 0.717) is 31.1 Å². The fourth-order valence-corrected chi connectivity index (χ4v) is 4.72. The molecular weight excluding hydrogens is 452 g/mol. The molecular formula is C25H30N4O4S. The minimum absolute atomic E-state index is 0.0519. The molecule has 0 atom stereocenters. The Hall–Kier alpha value is -3.30. The van der Waals surface area contributed by atoms with Crippen molar-refractivity contribution in [2.24, 2.45) is 0 Å². The van der Waals surface area contributed by atoms with Crippen LogP contribution in [-0.2, 0) is 13.1 Å². The second-order valence-electron chi connectivity index (χ2n) is 7.97. The fraction of sp³-hybridized carbons (Fsp3) is 0.360. The van der Waals surface area contributed by atoms with E-state index in [1.54, 1.807) is 32.7 Å². The molecule has 34 heavy (non-hydrogen) atoms. The average molecular weight is 483 g/mol. The number of urea groups is 1. The van der Waals surface area contributed by atoms with Crippen LogP contribution >= 0.6 is 11.3 Å². The number of carbonyl (C=O) groups excluding carboxylic acids is 1. The van der Waals surface area contributed by atoms with Gasteiger partial charge in [0.2, 0.25) is 0 Å². The first-order valence-corrected chi connectivity index (χ1v) is 12.0. The van der Waals surface area contributed by atoms with Crippen LogP contribution in [0.2, 0.25) is 0 Å². The summed E-state index contributed by atoms with van der Waals surface area (Å²) >= 11 is 1.66. The van der Waals surface area contributed by atoms with Crippen molar-refractivity contribution in [2.75, 3.05) is 47.5 Å². The van der Waals surface area contributed by atoms with Gasteiger partial charge in [0.25, 0.3) is 0 Å². The highest BCUT2D eigenvalue weighted by atomic mass is 32.1. The largest absolute Gasteiger partial charge is 0.497 e. The van der Waals surface area contributed by atoms with Crippen LogP contribution in [0.15, 0.2) is 47.8 Å². The SMILES string of the molecule is COc1cccc(-c2csc(CN3CCN(C(=O)NCc4ccc(OC)c(OC)c4)CC3)n2)c1. The van der Waals surface area contributed by atoms with Crippen LogP contribution in [0.5, 0.6) is 17.2 Å². The highest BCUT2D eigenvalue weighted by Gasteiger charge is 2.22. The van der Waals surface area contributed by atoms with E-state index < -0.39 is 0 Å². The molecule has 8 nitrogen and oxygen atoms in total. The third-order valence-corrected chi connectivity index (χ3v) is 6.66. The normalized spacial score (nSPS) is 14.0. The first kappa shape index (κ1) is 23.8. The van der Waals surface area contributed by atoms with E-state index in [4.69, 9.17) is 19.2 Å². The van der Waals surface area contributed by atoms with E-state index in [2.05, 4.69) is 15.6 Å². The Bertz CT molecular complexity index is 1110. The van der Waals surface area contributed by atoms with E-state index in [9.17, 15) is 4.79 Å². The molecule has 1 aliphatic heterocycles. The molecule has 180 valence electrons. The minimum atomic E-state index is -0.0519. The zero-order valence-corrected chi connectivity index (χ0v) is 20.6. The Labute approximate surface area is 204 Å². The van der Waals surface area contributed by atoms with Gasteiger partial charge in [0.05, 0.1) is 33.6 Å². The third kappa shape index (κ3) is 5.78. The molecule has 0 saturated carbocycles. The van der Waals surface area contributed by atoms with Crippen molar-refractivity contribution < 1.29 is 19.0 Å². The molecule has 1 aliphatic rings. The first-order valence-electron chi connectivity index (χ1n) is 11.1. The van der Waals surface area contributed by atoms with Crippen LogP contribution in [0.3, 0.4) is 0 Å². The molecule has 3 aromatic rings. The molecule has 1 saturated heterocycles. The van der Waals surface area contributed by atoms with Crippen molar-refractivity contribution in [3.63, 3.8) is 0 Å². The number of amides is 2. The second-order valence-corrected chi connectivity index (χ2v) is 8.91. The van der Waals surface area contributed by atoms with Gasteiger partial charge in [-0.05, 0) is 29.8 Å². The summed E-state index contributed by atoms with van der Waals surface area (Å²) in [4.78, 5) is 21.7. The number of carbonyl (C=O) groups is 1. The highest BCUT2D eigenvalue weighted by molar-refractivity contribution is 7.09. The van der Waals surface area contributed by atoms with E-state index in [0.717, 1.165) is 47.2 Å². The summed E-state index contributed by atoms with van der Waals surface area (Å²) in [5, 5.41) is 6.16. The van der Waals surface area contributed by atoms with Crippen LogP contribution in [0, 0.1) is 0 Å². The van der Waals surface area contributed by atoms with Gasteiger partial charge in [0.15, 0.2) is 11.5 Å². The molecule has 0 spiro atoms. The number of aromatic nitrogens is 1. The van der Waals surface area contributed by atoms with E-state index >= 15 is 0 Å². The summed E-state index contributed by atoms with van der Waals surface area (Å²) < 4.78 is 15.9. The summed E-state index contributed by atoms with van der Waals surface area (Å²) in [6.45, 7) is 4.23. The summed E-state index contributed by atoms with van der Waals surface area (Å²) in [5.41, 5.74) is 2.98. The van der Waals surface area contributed by atoms with Crippen LogP contribution in [-0.4, -0.2) is 68.3 Å². The molecule has 0 unspecified atom stereocenters. The van der Waals surface area contributed by atoms with Crippen LogP contribution in [0.4, 0.5) is 4.79 Å². The maximum atomic E-state index is 12.6. The lowest BCUT2D eigenvalue weighted by molar-refractivity contribution is 0.135. The number of piperazine rings is 1. The van der Waals surface area contributed by atoms with Gasteiger partial charge < -0.3 is 24.4 Å². The molecule has 1 N–H and O–H groups in total. The summed E-state index contributed by atoms with van der Waals surface area (Å²) in [5.74, 6) is 2.15. The lowest BCUT2D eigenvalue weighted by Crippen LogP contribution is -2.51. The van der Waals surface area contributed by atoms with Crippen LogP contribution < -0.4 is 19.5 Å². The lowest BCUT2D eigenvalue weighted by Gasteiger charge is -2.34. The molecule has 2 heterocycles. The monoisotopic (exact) mass is 482 g/mol. The molecule has 0 aliphatic carbocycles. The smallest absolute Gasteiger partial charge is 0.317 e. The number of benzene rings is 2. The van der Waals surface area contributed by atoms with Gasteiger partial charge in [-0.2, -0.15) is 0 Å². The number of nitrogens with one attached hydrogen (secondary N) is 1. The predicted octanol–water partition coefficient (Wildman–Crippen LogP) is 3.86. The van der Waals surface area contributed by atoms with Crippen LogP contribution in [0.25, 0.3) is 11.3 Å². The lowest BCUT2D eigenvalue weighted by atomic mass is 10.2. The Morgan fingerprint density at radius 1 is 1.00 bits per heavy atom. The number of thiazole rings is 1. The summed E-state index contributed by atoms with van der Waals surface area (Å²) in [6.07, 6.45) is 0. The van der Waals surface area contributed by atoms with Crippen molar-refractivity contribution in [1.29, 1.82) is 0 Å².